The third-order valence-corrected chi connectivity index (χ3v) is 2.57. The molecule has 2 heteroatoms. The van der Waals surface area contributed by atoms with Gasteiger partial charge in [-0.1, -0.05) is 33.3 Å². The minimum atomic E-state index is -0.104. The van der Waals surface area contributed by atoms with Gasteiger partial charge in [-0.3, -0.25) is 0 Å². The first-order valence-corrected chi connectivity index (χ1v) is 5.09. The standard InChI is InChI=1S/C11H18O2/c1-4-8(3)6-9-7-10(5-2)13-11(9)12/h6,8,10H,4-5,7H2,1-3H3/b9-6+. The highest BCUT2D eigenvalue weighted by atomic mass is 16.5. The van der Waals surface area contributed by atoms with Gasteiger partial charge in [0.2, 0.25) is 0 Å². The molecule has 1 rings (SSSR count). The monoisotopic (exact) mass is 182 g/mol. The fourth-order valence-electron chi connectivity index (χ4n) is 1.42. The molecule has 0 radical (unpaired) electrons. The number of esters is 1. The highest BCUT2D eigenvalue weighted by Crippen LogP contribution is 2.24. The third kappa shape index (κ3) is 2.58. The highest BCUT2D eigenvalue weighted by molar-refractivity contribution is 5.90. The van der Waals surface area contributed by atoms with E-state index in [-0.39, 0.29) is 12.1 Å². The van der Waals surface area contributed by atoms with Crippen molar-refractivity contribution in [1.82, 2.24) is 0 Å². The van der Waals surface area contributed by atoms with E-state index in [1.54, 1.807) is 0 Å². The molecule has 0 aromatic heterocycles. The van der Waals surface area contributed by atoms with Gasteiger partial charge in [0.1, 0.15) is 6.10 Å². The Hall–Kier alpha value is -0.790. The molecule has 13 heavy (non-hydrogen) atoms. The molecule has 0 aliphatic carbocycles. The van der Waals surface area contributed by atoms with Gasteiger partial charge in [0.05, 0.1) is 0 Å². The van der Waals surface area contributed by atoms with Gasteiger partial charge in [-0.15, -0.1) is 0 Å². The smallest absolute Gasteiger partial charge is 0.334 e. The Morgan fingerprint density at radius 1 is 1.62 bits per heavy atom. The van der Waals surface area contributed by atoms with Crippen LogP contribution in [0.4, 0.5) is 0 Å². The summed E-state index contributed by atoms with van der Waals surface area (Å²) < 4.78 is 5.16. The lowest BCUT2D eigenvalue weighted by atomic mass is 10.0. The van der Waals surface area contributed by atoms with Crippen molar-refractivity contribution in [3.8, 4) is 0 Å². The van der Waals surface area contributed by atoms with Gasteiger partial charge in [0, 0.05) is 12.0 Å². The molecule has 0 spiro atoms. The van der Waals surface area contributed by atoms with E-state index in [9.17, 15) is 4.79 Å². The molecule has 0 saturated carbocycles. The van der Waals surface area contributed by atoms with Crippen molar-refractivity contribution in [2.75, 3.05) is 0 Å². The van der Waals surface area contributed by atoms with Crippen LogP contribution in [0.25, 0.3) is 0 Å². The number of rotatable bonds is 3. The number of cyclic esters (lactones) is 1. The predicted molar refractivity (Wildman–Crippen MR) is 52.3 cm³/mol. The maximum atomic E-state index is 11.3. The van der Waals surface area contributed by atoms with Gasteiger partial charge in [-0.05, 0) is 12.3 Å². The molecule has 0 bridgehead atoms. The number of allylic oxidation sites excluding steroid dienone is 1. The first-order valence-electron chi connectivity index (χ1n) is 5.09. The normalized spacial score (nSPS) is 27.8. The summed E-state index contributed by atoms with van der Waals surface area (Å²) in [6.45, 7) is 6.29. The Morgan fingerprint density at radius 2 is 2.31 bits per heavy atom. The summed E-state index contributed by atoms with van der Waals surface area (Å²) in [7, 11) is 0. The summed E-state index contributed by atoms with van der Waals surface area (Å²) in [6, 6.07) is 0. The lowest BCUT2D eigenvalue weighted by Gasteiger charge is -2.01. The maximum Gasteiger partial charge on any atom is 0.334 e. The van der Waals surface area contributed by atoms with E-state index >= 15 is 0 Å². The molecule has 0 aromatic carbocycles. The minimum Gasteiger partial charge on any atom is -0.459 e. The second-order valence-corrected chi connectivity index (χ2v) is 3.72. The molecule has 2 atom stereocenters. The SMILES string of the molecule is CCC(C)/C=C1\CC(CC)OC1=O. The van der Waals surface area contributed by atoms with Crippen LogP contribution in [0.15, 0.2) is 11.6 Å². The van der Waals surface area contributed by atoms with Crippen molar-refractivity contribution in [3.05, 3.63) is 11.6 Å². The summed E-state index contributed by atoms with van der Waals surface area (Å²) in [5.74, 6) is 0.380. The molecule has 1 fully saturated rings. The lowest BCUT2D eigenvalue weighted by Crippen LogP contribution is -2.03. The topological polar surface area (TPSA) is 26.3 Å². The van der Waals surface area contributed by atoms with Gasteiger partial charge < -0.3 is 4.74 Å². The molecule has 1 saturated heterocycles. The molecular weight excluding hydrogens is 164 g/mol. The van der Waals surface area contributed by atoms with Crippen LogP contribution in [0, 0.1) is 5.92 Å². The maximum absolute atomic E-state index is 11.3. The second-order valence-electron chi connectivity index (χ2n) is 3.72. The van der Waals surface area contributed by atoms with Crippen molar-refractivity contribution >= 4 is 5.97 Å². The average Bonchev–Trinajstić information content (AvgIpc) is 2.47. The molecule has 0 aromatic rings. The fraction of sp³-hybridized carbons (Fsp3) is 0.727. The first kappa shape index (κ1) is 10.3. The van der Waals surface area contributed by atoms with Gasteiger partial charge in [-0.25, -0.2) is 4.79 Å². The van der Waals surface area contributed by atoms with Crippen molar-refractivity contribution in [2.45, 2.75) is 46.1 Å². The van der Waals surface area contributed by atoms with Crippen molar-refractivity contribution in [2.24, 2.45) is 5.92 Å². The summed E-state index contributed by atoms with van der Waals surface area (Å²) in [5, 5.41) is 0. The first-order chi connectivity index (χ1) is 6.17. The van der Waals surface area contributed by atoms with Crippen LogP contribution in [0.2, 0.25) is 0 Å². The number of carbonyl (C=O) groups is 1. The van der Waals surface area contributed by atoms with Crippen LogP contribution >= 0.6 is 0 Å². The summed E-state index contributed by atoms with van der Waals surface area (Å²) >= 11 is 0. The zero-order chi connectivity index (χ0) is 9.84. The zero-order valence-corrected chi connectivity index (χ0v) is 8.67. The lowest BCUT2D eigenvalue weighted by molar-refractivity contribution is -0.138. The van der Waals surface area contributed by atoms with Crippen LogP contribution in [0.3, 0.4) is 0 Å². The Kier molecular flexibility index (Phi) is 3.52. The fourth-order valence-corrected chi connectivity index (χ4v) is 1.42. The summed E-state index contributed by atoms with van der Waals surface area (Å²) in [4.78, 5) is 11.3. The van der Waals surface area contributed by atoms with E-state index < -0.39 is 0 Å². The van der Waals surface area contributed by atoms with E-state index in [0.717, 1.165) is 24.8 Å². The average molecular weight is 182 g/mol. The number of hydrogen-bond acceptors (Lipinski definition) is 2. The van der Waals surface area contributed by atoms with Crippen LogP contribution < -0.4 is 0 Å². The van der Waals surface area contributed by atoms with Crippen molar-refractivity contribution in [3.63, 3.8) is 0 Å². The highest BCUT2D eigenvalue weighted by Gasteiger charge is 2.27. The minimum absolute atomic E-state index is 0.104. The van der Waals surface area contributed by atoms with Gasteiger partial charge in [-0.2, -0.15) is 0 Å². The number of hydrogen-bond donors (Lipinski definition) is 0. The van der Waals surface area contributed by atoms with Crippen LogP contribution in [-0.4, -0.2) is 12.1 Å². The predicted octanol–water partition coefficient (Wildman–Crippen LogP) is 2.68. The quantitative estimate of drug-likeness (QED) is 0.495. The Bertz CT molecular complexity index is 218. The van der Waals surface area contributed by atoms with Crippen molar-refractivity contribution in [1.29, 1.82) is 0 Å². The second kappa shape index (κ2) is 4.45. The Morgan fingerprint density at radius 3 is 2.77 bits per heavy atom. The molecule has 1 heterocycles. The molecule has 2 unspecified atom stereocenters. The molecule has 74 valence electrons. The molecule has 0 amide bonds. The third-order valence-electron chi connectivity index (χ3n) is 2.57. The molecule has 1 aliphatic rings. The van der Waals surface area contributed by atoms with Crippen LogP contribution in [0.1, 0.15) is 40.0 Å². The molecular formula is C11H18O2. The van der Waals surface area contributed by atoms with Gasteiger partial charge in [0.15, 0.2) is 0 Å². The summed E-state index contributed by atoms with van der Waals surface area (Å²) in [6.07, 6.45) is 4.98. The van der Waals surface area contributed by atoms with E-state index in [0.29, 0.717) is 5.92 Å². The van der Waals surface area contributed by atoms with Gasteiger partial charge in [0.25, 0.3) is 0 Å². The van der Waals surface area contributed by atoms with Crippen LogP contribution in [0.5, 0.6) is 0 Å². The largest absolute Gasteiger partial charge is 0.459 e. The van der Waals surface area contributed by atoms with E-state index in [2.05, 4.69) is 19.9 Å². The molecule has 0 N–H and O–H groups in total. The Labute approximate surface area is 80.0 Å². The van der Waals surface area contributed by atoms with Crippen LogP contribution in [-0.2, 0) is 9.53 Å². The van der Waals surface area contributed by atoms with E-state index in [4.69, 9.17) is 4.74 Å². The van der Waals surface area contributed by atoms with E-state index in [1.165, 1.54) is 0 Å². The summed E-state index contributed by atoms with van der Waals surface area (Å²) in [5.41, 5.74) is 0.876. The van der Waals surface area contributed by atoms with Crippen molar-refractivity contribution < 1.29 is 9.53 Å². The number of carbonyl (C=O) groups excluding carboxylic acids is 1. The Balaban J connectivity index is 2.61. The zero-order valence-electron chi connectivity index (χ0n) is 8.67. The molecule has 2 nitrogen and oxygen atoms in total. The van der Waals surface area contributed by atoms with E-state index in [1.807, 2.05) is 6.92 Å². The number of ether oxygens (including phenoxy) is 1. The van der Waals surface area contributed by atoms with Gasteiger partial charge >= 0.3 is 5.97 Å². The molecule has 1 aliphatic heterocycles.